The minimum atomic E-state index is -3.78. The molecule has 1 N–H and O–H groups in total. The van der Waals surface area contributed by atoms with Gasteiger partial charge < -0.3 is 14.2 Å². The molecule has 0 atom stereocenters. The zero-order valence-corrected chi connectivity index (χ0v) is 19.4. The Balaban J connectivity index is 1.97. The van der Waals surface area contributed by atoms with Crippen LogP contribution >= 0.6 is 0 Å². The van der Waals surface area contributed by atoms with Gasteiger partial charge in [0.1, 0.15) is 5.75 Å². The van der Waals surface area contributed by atoms with E-state index in [-0.39, 0.29) is 11.0 Å². The minimum absolute atomic E-state index is 0.0139. The molecule has 0 amide bonds. The lowest BCUT2D eigenvalue weighted by molar-refractivity contribution is 0.242. The van der Waals surface area contributed by atoms with Crippen LogP contribution in [0.3, 0.4) is 0 Å². The SMILES string of the molecule is CCCCCCOc1ccc(/C=N/NS(=O)(=O)c2ccc(OC(C)C)cc2)cc1OC. The Morgan fingerprint density at radius 1 is 1.03 bits per heavy atom. The summed E-state index contributed by atoms with van der Waals surface area (Å²) >= 11 is 0. The molecular formula is C23H32N2O5S. The number of rotatable bonds is 13. The summed E-state index contributed by atoms with van der Waals surface area (Å²) < 4.78 is 41.5. The Morgan fingerprint density at radius 3 is 2.42 bits per heavy atom. The van der Waals surface area contributed by atoms with Crippen molar-refractivity contribution >= 4 is 16.2 Å². The van der Waals surface area contributed by atoms with E-state index < -0.39 is 10.0 Å². The Bertz CT molecular complexity index is 941. The van der Waals surface area contributed by atoms with Gasteiger partial charge in [0, 0.05) is 0 Å². The molecule has 0 fully saturated rings. The van der Waals surface area contributed by atoms with Crippen molar-refractivity contribution in [1.29, 1.82) is 0 Å². The molecule has 2 rings (SSSR count). The molecule has 2 aromatic carbocycles. The maximum Gasteiger partial charge on any atom is 0.276 e. The molecule has 0 spiro atoms. The van der Waals surface area contributed by atoms with Crippen molar-refractivity contribution in [3.63, 3.8) is 0 Å². The minimum Gasteiger partial charge on any atom is -0.493 e. The highest BCUT2D eigenvalue weighted by Gasteiger charge is 2.13. The molecule has 31 heavy (non-hydrogen) atoms. The Kier molecular flexibility index (Phi) is 9.65. The van der Waals surface area contributed by atoms with Crippen molar-refractivity contribution in [3.8, 4) is 17.2 Å². The topological polar surface area (TPSA) is 86.2 Å². The third-order valence-corrected chi connectivity index (χ3v) is 5.57. The van der Waals surface area contributed by atoms with Crippen LogP contribution in [0.5, 0.6) is 17.2 Å². The number of sulfonamides is 1. The largest absolute Gasteiger partial charge is 0.493 e. The predicted molar refractivity (Wildman–Crippen MR) is 123 cm³/mol. The highest BCUT2D eigenvalue weighted by molar-refractivity contribution is 7.89. The van der Waals surface area contributed by atoms with Gasteiger partial charge in [0.15, 0.2) is 11.5 Å². The van der Waals surface area contributed by atoms with Crippen LogP contribution in [0.4, 0.5) is 0 Å². The second kappa shape index (κ2) is 12.2. The van der Waals surface area contributed by atoms with Crippen molar-refractivity contribution in [3.05, 3.63) is 48.0 Å². The van der Waals surface area contributed by atoms with E-state index in [1.54, 1.807) is 37.4 Å². The van der Waals surface area contributed by atoms with Crippen LogP contribution in [0.1, 0.15) is 52.0 Å². The van der Waals surface area contributed by atoms with Gasteiger partial charge in [0.25, 0.3) is 10.0 Å². The molecule has 8 heteroatoms. The zero-order chi connectivity index (χ0) is 22.7. The lowest BCUT2D eigenvalue weighted by Gasteiger charge is -2.11. The van der Waals surface area contributed by atoms with Crippen LogP contribution in [-0.2, 0) is 10.0 Å². The first-order valence-electron chi connectivity index (χ1n) is 10.5. The van der Waals surface area contributed by atoms with Crippen LogP contribution in [-0.4, -0.2) is 34.5 Å². The van der Waals surface area contributed by atoms with Gasteiger partial charge in [0.2, 0.25) is 0 Å². The van der Waals surface area contributed by atoms with Crippen molar-refractivity contribution in [1.82, 2.24) is 4.83 Å². The summed E-state index contributed by atoms with van der Waals surface area (Å²) in [6, 6.07) is 11.5. The monoisotopic (exact) mass is 448 g/mol. The molecule has 0 saturated carbocycles. The lowest BCUT2D eigenvalue weighted by atomic mass is 10.2. The fourth-order valence-corrected chi connectivity index (χ4v) is 3.58. The maximum atomic E-state index is 12.4. The lowest BCUT2D eigenvalue weighted by Crippen LogP contribution is -2.18. The average molecular weight is 449 g/mol. The van der Waals surface area contributed by atoms with Gasteiger partial charge in [-0.1, -0.05) is 26.2 Å². The first-order valence-corrected chi connectivity index (χ1v) is 12.0. The molecule has 0 bridgehead atoms. The number of nitrogens with zero attached hydrogens (tertiary/aromatic N) is 1. The number of hydrogen-bond acceptors (Lipinski definition) is 6. The highest BCUT2D eigenvalue weighted by atomic mass is 32.2. The number of hydrazone groups is 1. The molecule has 0 aliphatic heterocycles. The molecule has 7 nitrogen and oxygen atoms in total. The van der Waals surface area contributed by atoms with E-state index in [0.29, 0.717) is 29.4 Å². The van der Waals surface area contributed by atoms with Gasteiger partial charge in [-0.3, -0.25) is 0 Å². The predicted octanol–water partition coefficient (Wildman–Crippen LogP) is 4.75. The summed E-state index contributed by atoms with van der Waals surface area (Å²) in [7, 11) is -2.21. The number of nitrogens with one attached hydrogen (secondary N) is 1. The van der Waals surface area contributed by atoms with Gasteiger partial charge >= 0.3 is 0 Å². The molecule has 0 saturated heterocycles. The first-order chi connectivity index (χ1) is 14.9. The van der Waals surface area contributed by atoms with E-state index in [9.17, 15) is 8.42 Å². The number of methoxy groups -OCH3 is 1. The van der Waals surface area contributed by atoms with Crippen molar-refractivity contribution in [2.45, 2.75) is 57.5 Å². The second-order valence-electron chi connectivity index (χ2n) is 7.31. The van der Waals surface area contributed by atoms with Crippen LogP contribution in [0, 0.1) is 0 Å². The van der Waals surface area contributed by atoms with E-state index in [1.165, 1.54) is 31.2 Å². The Labute approximate surface area is 185 Å². The summed E-state index contributed by atoms with van der Waals surface area (Å²) in [4.78, 5) is 2.32. The van der Waals surface area contributed by atoms with Crippen molar-refractivity contribution < 1.29 is 22.6 Å². The van der Waals surface area contributed by atoms with E-state index >= 15 is 0 Å². The number of hydrogen-bond donors (Lipinski definition) is 1. The highest BCUT2D eigenvalue weighted by Crippen LogP contribution is 2.28. The summed E-state index contributed by atoms with van der Waals surface area (Å²) in [5.74, 6) is 1.83. The third-order valence-electron chi connectivity index (χ3n) is 4.34. The average Bonchev–Trinajstić information content (AvgIpc) is 2.74. The second-order valence-corrected chi connectivity index (χ2v) is 8.97. The van der Waals surface area contributed by atoms with Crippen LogP contribution in [0.15, 0.2) is 52.5 Å². The van der Waals surface area contributed by atoms with Gasteiger partial charge in [0.05, 0.1) is 30.9 Å². The maximum absolute atomic E-state index is 12.4. The fraction of sp³-hybridized carbons (Fsp3) is 0.435. The number of benzene rings is 2. The van der Waals surface area contributed by atoms with Gasteiger partial charge in [-0.2, -0.15) is 13.5 Å². The Morgan fingerprint density at radius 2 is 1.77 bits per heavy atom. The smallest absolute Gasteiger partial charge is 0.276 e. The van der Waals surface area contributed by atoms with E-state index in [2.05, 4.69) is 16.9 Å². The number of ether oxygens (including phenoxy) is 3. The third kappa shape index (κ3) is 8.13. The quantitative estimate of drug-likeness (QED) is 0.271. The van der Waals surface area contributed by atoms with Crippen molar-refractivity contribution in [2.75, 3.05) is 13.7 Å². The zero-order valence-electron chi connectivity index (χ0n) is 18.6. The molecule has 0 unspecified atom stereocenters. The van der Waals surface area contributed by atoms with Gasteiger partial charge in [-0.25, -0.2) is 4.83 Å². The molecule has 0 aliphatic rings. The normalized spacial score (nSPS) is 11.6. The molecular weight excluding hydrogens is 416 g/mol. The molecule has 170 valence electrons. The number of unbranched alkanes of at least 4 members (excludes halogenated alkanes) is 3. The fourth-order valence-electron chi connectivity index (χ4n) is 2.79. The summed E-state index contributed by atoms with van der Waals surface area (Å²) in [6.07, 6.45) is 5.94. The summed E-state index contributed by atoms with van der Waals surface area (Å²) in [5.41, 5.74) is 0.679. The molecule has 0 aromatic heterocycles. The molecule has 0 radical (unpaired) electrons. The van der Waals surface area contributed by atoms with Gasteiger partial charge in [-0.15, -0.1) is 0 Å². The van der Waals surface area contributed by atoms with E-state index in [0.717, 1.165) is 12.8 Å². The molecule has 0 heterocycles. The van der Waals surface area contributed by atoms with Crippen LogP contribution < -0.4 is 19.0 Å². The first kappa shape index (κ1) is 24.5. The van der Waals surface area contributed by atoms with E-state index in [4.69, 9.17) is 14.2 Å². The van der Waals surface area contributed by atoms with Crippen LogP contribution in [0.25, 0.3) is 0 Å². The van der Waals surface area contributed by atoms with E-state index in [1.807, 2.05) is 13.8 Å². The molecule has 2 aromatic rings. The summed E-state index contributed by atoms with van der Waals surface area (Å²) in [6.45, 7) is 6.61. The van der Waals surface area contributed by atoms with Gasteiger partial charge in [-0.05, 0) is 68.3 Å². The Hall–Kier alpha value is -2.74. The standard InChI is InChI=1S/C23H32N2O5S/c1-5-6-7-8-15-29-22-14-9-19(16-23(22)28-4)17-24-25-31(26,27)21-12-10-20(11-13-21)30-18(2)3/h9-14,16-18,25H,5-8,15H2,1-4H3/b24-17+. The summed E-state index contributed by atoms with van der Waals surface area (Å²) in [5, 5.41) is 3.87. The van der Waals surface area contributed by atoms with Crippen molar-refractivity contribution in [2.24, 2.45) is 5.10 Å². The molecule has 0 aliphatic carbocycles. The van der Waals surface area contributed by atoms with Crippen LogP contribution in [0.2, 0.25) is 0 Å².